The van der Waals surface area contributed by atoms with Crippen LogP contribution >= 0.6 is 0 Å². The third-order valence-electron chi connectivity index (χ3n) is 19.5. The highest BCUT2D eigenvalue weighted by Gasteiger charge is 2.53. The van der Waals surface area contributed by atoms with Crippen molar-refractivity contribution in [3.8, 4) is 66.8 Å². The molecule has 84 heavy (non-hydrogen) atoms. The quantitative estimate of drug-likeness (QED) is 0.164. The molecule has 2 nitrogen and oxygen atoms in total. The van der Waals surface area contributed by atoms with Gasteiger partial charge in [-0.25, -0.2) is 0 Å². The summed E-state index contributed by atoms with van der Waals surface area (Å²) in [6.07, 6.45) is 0. The van der Waals surface area contributed by atoms with Crippen molar-refractivity contribution in [2.45, 2.75) is 10.8 Å². The standard InChI is InChI=1S/C82H50N2/c1-3-19-55(20-4-1)83(59-39-41-79-71(49-59)65-27-11-17-33-77(65)81(79)73-29-13-7-23-61(73)62-24-8-14-30-74(62)81)57-37-35-51-45-67-69(47-53(51)43-57)68-46-52-36-38-58(44-54(52)48-70(67)68)84(56-21-5-2-6-22-56)60-40-42-80-72(50-60)66-28-12-18-34-78(66)82(80)75-31-15-9-25-63(75)64-26-10-16-32-76(64)82/h1-50H. The lowest BCUT2D eigenvalue weighted by molar-refractivity contribution is 0.794. The Hall–Kier alpha value is -10.8. The first-order valence-electron chi connectivity index (χ1n) is 29.4. The molecule has 0 atom stereocenters. The van der Waals surface area contributed by atoms with Gasteiger partial charge in [-0.3, -0.25) is 0 Å². The normalized spacial score (nSPS) is 13.9. The maximum Gasteiger partial charge on any atom is 0.0725 e. The van der Waals surface area contributed by atoms with Gasteiger partial charge in [-0.15, -0.1) is 0 Å². The van der Waals surface area contributed by atoms with Crippen LogP contribution in [-0.2, 0) is 10.8 Å². The molecule has 19 rings (SSSR count). The van der Waals surface area contributed by atoms with Gasteiger partial charge in [0, 0.05) is 34.1 Å². The molecule has 5 aliphatic carbocycles. The van der Waals surface area contributed by atoms with Crippen LogP contribution in [0.1, 0.15) is 44.5 Å². The van der Waals surface area contributed by atoms with Crippen molar-refractivity contribution in [3.63, 3.8) is 0 Å². The SMILES string of the molecule is c1ccc(N(c2ccc3c(c2)-c2ccccc2C32c3ccccc3-c3ccccc32)c2ccc3cc4c(cc3c2)-c2cc3ccc(N(c5ccccc5)c5ccc6c(c5)-c5ccccc5C65c6ccccc6-c6ccccc65)cc3cc2-4)cc1. The van der Waals surface area contributed by atoms with Crippen LogP contribution in [0.3, 0.4) is 0 Å². The molecule has 0 aromatic heterocycles. The number of para-hydroxylation sites is 2. The van der Waals surface area contributed by atoms with Gasteiger partial charge in [-0.05, 0) is 230 Å². The van der Waals surface area contributed by atoms with Crippen LogP contribution in [0.15, 0.2) is 303 Å². The molecular weight excluding hydrogens is 1010 g/mol. The van der Waals surface area contributed by atoms with E-state index >= 15 is 0 Å². The second-order valence-electron chi connectivity index (χ2n) is 23.4. The fourth-order valence-corrected chi connectivity index (χ4v) is 16.2. The lowest BCUT2D eigenvalue weighted by Crippen LogP contribution is -2.25. The minimum Gasteiger partial charge on any atom is -0.310 e. The van der Waals surface area contributed by atoms with E-state index in [2.05, 4.69) is 313 Å². The zero-order chi connectivity index (χ0) is 54.8. The van der Waals surface area contributed by atoms with Crippen molar-refractivity contribution in [1.29, 1.82) is 0 Å². The molecule has 2 heteroatoms. The van der Waals surface area contributed by atoms with Crippen molar-refractivity contribution in [3.05, 3.63) is 348 Å². The van der Waals surface area contributed by atoms with Crippen LogP contribution in [0.5, 0.6) is 0 Å². The van der Waals surface area contributed by atoms with E-state index in [0.29, 0.717) is 0 Å². The highest BCUT2D eigenvalue weighted by atomic mass is 15.1. The molecule has 0 unspecified atom stereocenters. The summed E-state index contributed by atoms with van der Waals surface area (Å²) < 4.78 is 0. The van der Waals surface area contributed by atoms with Gasteiger partial charge in [0.15, 0.2) is 0 Å². The molecule has 14 aromatic rings. The smallest absolute Gasteiger partial charge is 0.0725 e. The predicted octanol–water partition coefficient (Wildman–Crippen LogP) is 21.3. The molecule has 0 heterocycles. The summed E-state index contributed by atoms with van der Waals surface area (Å²) in [5.74, 6) is 0. The molecule has 5 aliphatic rings. The second kappa shape index (κ2) is 16.9. The maximum absolute atomic E-state index is 2.45. The minimum atomic E-state index is -0.384. The number of hydrogen-bond acceptors (Lipinski definition) is 2. The average molecular weight is 1060 g/mol. The number of nitrogens with zero attached hydrogens (tertiary/aromatic N) is 2. The first-order valence-corrected chi connectivity index (χ1v) is 29.4. The molecule has 0 saturated heterocycles. The summed E-state index contributed by atoms with van der Waals surface area (Å²) in [5, 5.41) is 4.91. The molecule has 0 saturated carbocycles. The summed E-state index contributed by atoms with van der Waals surface area (Å²) in [4.78, 5) is 4.87. The van der Waals surface area contributed by atoms with Crippen LogP contribution in [0.2, 0.25) is 0 Å². The van der Waals surface area contributed by atoms with Gasteiger partial charge in [0.25, 0.3) is 0 Å². The van der Waals surface area contributed by atoms with E-state index in [1.807, 2.05) is 0 Å². The highest BCUT2D eigenvalue weighted by molar-refractivity contribution is 6.13. The van der Waals surface area contributed by atoms with Crippen LogP contribution in [0, 0.1) is 0 Å². The van der Waals surface area contributed by atoms with Crippen molar-refractivity contribution < 1.29 is 0 Å². The Kier molecular flexibility index (Phi) is 9.23. The van der Waals surface area contributed by atoms with Gasteiger partial charge >= 0.3 is 0 Å². The maximum atomic E-state index is 2.45. The predicted molar refractivity (Wildman–Crippen MR) is 348 cm³/mol. The molecule has 0 amide bonds. The zero-order valence-electron chi connectivity index (χ0n) is 45.8. The van der Waals surface area contributed by atoms with Crippen LogP contribution in [0.4, 0.5) is 34.1 Å². The number of anilines is 6. The van der Waals surface area contributed by atoms with Crippen LogP contribution in [-0.4, -0.2) is 0 Å². The van der Waals surface area contributed by atoms with Gasteiger partial charge in [0.05, 0.1) is 10.8 Å². The summed E-state index contributed by atoms with van der Waals surface area (Å²) >= 11 is 0. The van der Waals surface area contributed by atoms with E-state index in [1.54, 1.807) is 0 Å². The van der Waals surface area contributed by atoms with E-state index in [0.717, 1.165) is 34.1 Å². The molecule has 14 aromatic carbocycles. The molecule has 0 bridgehead atoms. The summed E-state index contributed by atoms with van der Waals surface area (Å²) in [6, 6.07) is 114. The first kappa shape index (κ1) is 45.9. The van der Waals surface area contributed by atoms with Gasteiger partial charge in [-0.1, -0.05) is 206 Å². The summed E-state index contributed by atoms with van der Waals surface area (Å²) in [6.45, 7) is 0. The largest absolute Gasteiger partial charge is 0.310 e. The Balaban J connectivity index is 0.697. The Labute approximate surface area is 488 Å². The third-order valence-corrected chi connectivity index (χ3v) is 19.5. The molecule has 388 valence electrons. The number of rotatable bonds is 6. The molecule has 0 N–H and O–H groups in total. The Morgan fingerprint density at radius 1 is 0.155 bits per heavy atom. The van der Waals surface area contributed by atoms with E-state index in [-0.39, 0.29) is 10.8 Å². The van der Waals surface area contributed by atoms with Crippen LogP contribution in [0.25, 0.3) is 88.3 Å². The van der Waals surface area contributed by atoms with Crippen LogP contribution < -0.4 is 9.80 Å². The topological polar surface area (TPSA) is 6.48 Å². The fraction of sp³-hybridized carbons (Fsp3) is 0.0244. The van der Waals surface area contributed by atoms with Crippen molar-refractivity contribution in [1.82, 2.24) is 0 Å². The van der Waals surface area contributed by atoms with E-state index in [4.69, 9.17) is 0 Å². The van der Waals surface area contributed by atoms with Gasteiger partial charge in [-0.2, -0.15) is 0 Å². The number of fused-ring (bicyclic) bond motifs is 26. The molecule has 0 aliphatic heterocycles. The Morgan fingerprint density at radius 3 is 0.738 bits per heavy atom. The summed E-state index contributed by atoms with van der Waals surface area (Å²) in [7, 11) is 0. The molecule has 2 spiro atoms. The highest BCUT2D eigenvalue weighted by Crippen LogP contribution is 2.65. The number of hydrogen-bond donors (Lipinski definition) is 0. The lowest BCUT2D eigenvalue weighted by atomic mass is 9.70. The zero-order valence-corrected chi connectivity index (χ0v) is 45.8. The lowest BCUT2D eigenvalue weighted by Gasteiger charge is -2.31. The van der Waals surface area contributed by atoms with Crippen molar-refractivity contribution in [2.24, 2.45) is 0 Å². The monoisotopic (exact) mass is 1060 g/mol. The van der Waals surface area contributed by atoms with Gasteiger partial charge < -0.3 is 9.80 Å². The Bertz CT molecular complexity index is 4740. The molecule has 0 radical (unpaired) electrons. The average Bonchev–Trinajstić information content (AvgIpc) is 1.66. The summed E-state index contributed by atoms with van der Waals surface area (Å²) in [5.41, 5.74) is 32.5. The third kappa shape index (κ3) is 5.93. The Morgan fingerprint density at radius 2 is 0.405 bits per heavy atom. The second-order valence-corrected chi connectivity index (χ2v) is 23.4. The minimum absolute atomic E-state index is 0.384. The van der Waals surface area contributed by atoms with Crippen molar-refractivity contribution >= 4 is 55.7 Å². The first-order chi connectivity index (χ1) is 41.6. The van der Waals surface area contributed by atoms with E-state index < -0.39 is 0 Å². The molecular formula is C82H50N2. The fourth-order valence-electron chi connectivity index (χ4n) is 16.2. The van der Waals surface area contributed by atoms with E-state index in [1.165, 1.54) is 133 Å². The van der Waals surface area contributed by atoms with Gasteiger partial charge in [0.2, 0.25) is 0 Å². The van der Waals surface area contributed by atoms with Crippen molar-refractivity contribution in [2.75, 3.05) is 9.80 Å². The number of benzene rings is 14. The molecule has 0 fully saturated rings. The van der Waals surface area contributed by atoms with E-state index in [9.17, 15) is 0 Å². The van der Waals surface area contributed by atoms with Gasteiger partial charge in [0.1, 0.15) is 0 Å².